The zero-order valence-corrected chi connectivity index (χ0v) is 17.2. The molecule has 0 heterocycles. The van der Waals surface area contributed by atoms with E-state index in [2.05, 4.69) is 4.72 Å². The first-order chi connectivity index (χ1) is 14.4. The molecule has 1 N–H and O–H groups in total. The van der Waals surface area contributed by atoms with Gasteiger partial charge < -0.3 is 4.74 Å². The van der Waals surface area contributed by atoms with Crippen molar-refractivity contribution >= 4 is 22.2 Å². The average Bonchev–Trinajstić information content (AvgIpc) is 2.77. The first-order valence-electron chi connectivity index (χ1n) is 9.27. The van der Waals surface area contributed by atoms with E-state index in [-0.39, 0.29) is 22.6 Å². The molecular weight excluding hydrogens is 402 g/mol. The highest BCUT2D eigenvalue weighted by molar-refractivity contribution is 7.90. The second-order valence-corrected chi connectivity index (χ2v) is 8.27. The standard InChI is InChI=1S/C23H21NO5S/c1-29-23-19(16-25)14-20(15-21(23)18-10-6-3-7-11-18)30(27,28)24-22(26)13-12-17-8-4-2-5-9-17/h2-11,14-16H,12-13H2,1H3,(H,24,26). The van der Waals surface area contributed by atoms with Crippen molar-refractivity contribution in [3.8, 4) is 16.9 Å². The molecule has 0 spiro atoms. The lowest BCUT2D eigenvalue weighted by atomic mass is 10.0. The highest BCUT2D eigenvalue weighted by Gasteiger charge is 2.22. The number of rotatable bonds is 8. The van der Waals surface area contributed by atoms with Crippen LogP contribution >= 0.6 is 0 Å². The summed E-state index contributed by atoms with van der Waals surface area (Å²) in [5.74, 6) is -0.353. The lowest BCUT2D eigenvalue weighted by Gasteiger charge is -2.14. The second kappa shape index (κ2) is 9.37. The maximum Gasteiger partial charge on any atom is 0.264 e. The summed E-state index contributed by atoms with van der Waals surface area (Å²) in [6, 6.07) is 20.9. The van der Waals surface area contributed by atoms with Crippen LogP contribution in [0.1, 0.15) is 22.3 Å². The number of aryl methyl sites for hydroxylation is 1. The van der Waals surface area contributed by atoms with Crippen LogP contribution in [0.25, 0.3) is 11.1 Å². The van der Waals surface area contributed by atoms with E-state index in [1.165, 1.54) is 19.2 Å². The van der Waals surface area contributed by atoms with Crippen LogP contribution in [-0.4, -0.2) is 27.7 Å². The van der Waals surface area contributed by atoms with Crippen molar-refractivity contribution in [3.05, 3.63) is 83.9 Å². The van der Waals surface area contributed by atoms with Gasteiger partial charge >= 0.3 is 0 Å². The molecule has 0 saturated heterocycles. The van der Waals surface area contributed by atoms with Crippen molar-refractivity contribution < 1.29 is 22.7 Å². The Balaban J connectivity index is 1.89. The summed E-state index contributed by atoms with van der Waals surface area (Å²) in [7, 11) is -2.75. The molecule has 0 bridgehead atoms. The molecule has 154 valence electrons. The number of aldehydes is 1. The Morgan fingerprint density at radius 2 is 1.63 bits per heavy atom. The fourth-order valence-electron chi connectivity index (χ4n) is 3.09. The molecule has 0 atom stereocenters. The molecule has 7 heteroatoms. The van der Waals surface area contributed by atoms with E-state index in [9.17, 15) is 18.0 Å². The molecule has 3 rings (SSSR count). The van der Waals surface area contributed by atoms with Crippen LogP contribution in [0.5, 0.6) is 5.75 Å². The maximum absolute atomic E-state index is 12.8. The van der Waals surface area contributed by atoms with Gasteiger partial charge in [-0.3, -0.25) is 9.59 Å². The Hall–Kier alpha value is -3.45. The number of carbonyl (C=O) groups excluding carboxylic acids is 2. The summed E-state index contributed by atoms with van der Waals surface area (Å²) < 4.78 is 33.1. The Labute approximate surface area is 175 Å². The molecule has 0 aliphatic carbocycles. The van der Waals surface area contributed by atoms with Gasteiger partial charge in [-0.25, -0.2) is 13.1 Å². The fourth-order valence-corrected chi connectivity index (χ4v) is 4.16. The molecule has 1 amide bonds. The summed E-state index contributed by atoms with van der Waals surface area (Å²) in [6.07, 6.45) is 0.965. The molecule has 0 saturated carbocycles. The van der Waals surface area contributed by atoms with Gasteiger partial charge in [0.1, 0.15) is 5.75 Å². The summed E-state index contributed by atoms with van der Waals surface area (Å²) in [4.78, 5) is 23.6. The number of carbonyl (C=O) groups is 2. The number of methoxy groups -OCH3 is 1. The van der Waals surface area contributed by atoms with Crippen molar-refractivity contribution in [2.45, 2.75) is 17.7 Å². The molecule has 0 unspecified atom stereocenters. The van der Waals surface area contributed by atoms with Gasteiger partial charge in [-0.05, 0) is 29.7 Å². The van der Waals surface area contributed by atoms with Gasteiger partial charge in [0.25, 0.3) is 10.0 Å². The van der Waals surface area contributed by atoms with Crippen molar-refractivity contribution in [3.63, 3.8) is 0 Å². The lowest BCUT2D eigenvalue weighted by molar-refractivity contribution is -0.119. The van der Waals surface area contributed by atoms with Gasteiger partial charge in [-0.2, -0.15) is 0 Å². The normalized spacial score (nSPS) is 11.0. The lowest BCUT2D eigenvalue weighted by Crippen LogP contribution is -2.30. The third-order valence-corrected chi connectivity index (χ3v) is 5.90. The highest BCUT2D eigenvalue weighted by Crippen LogP contribution is 2.35. The average molecular weight is 423 g/mol. The fraction of sp³-hybridized carbons (Fsp3) is 0.130. The largest absolute Gasteiger partial charge is 0.495 e. The second-order valence-electron chi connectivity index (χ2n) is 6.59. The molecule has 3 aromatic carbocycles. The van der Waals surface area contributed by atoms with Crippen molar-refractivity contribution in [2.75, 3.05) is 7.11 Å². The van der Waals surface area contributed by atoms with Gasteiger partial charge in [0, 0.05) is 12.0 Å². The minimum atomic E-state index is -4.17. The summed E-state index contributed by atoms with van der Waals surface area (Å²) >= 11 is 0. The molecule has 0 aliphatic rings. The third kappa shape index (κ3) is 4.93. The molecule has 0 fully saturated rings. The molecule has 0 aliphatic heterocycles. The van der Waals surface area contributed by atoms with Crippen LogP contribution in [-0.2, 0) is 21.2 Å². The van der Waals surface area contributed by atoms with Gasteiger partial charge in [-0.1, -0.05) is 60.7 Å². The van der Waals surface area contributed by atoms with Crippen molar-refractivity contribution in [1.82, 2.24) is 4.72 Å². The SMILES string of the molecule is COc1c(C=O)cc(S(=O)(=O)NC(=O)CCc2ccccc2)cc1-c1ccccc1. The Morgan fingerprint density at radius 3 is 2.23 bits per heavy atom. The Kier molecular flexibility index (Phi) is 6.64. The third-order valence-electron chi connectivity index (χ3n) is 4.55. The van der Waals surface area contributed by atoms with Crippen molar-refractivity contribution in [1.29, 1.82) is 0 Å². The van der Waals surface area contributed by atoms with Crippen LogP contribution in [0.4, 0.5) is 0 Å². The molecule has 0 radical (unpaired) electrons. The smallest absolute Gasteiger partial charge is 0.264 e. The number of benzene rings is 3. The van der Waals surface area contributed by atoms with Crippen LogP contribution < -0.4 is 9.46 Å². The maximum atomic E-state index is 12.8. The van der Waals surface area contributed by atoms with Gasteiger partial charge in [-0.15, -0.1) is 0 Å². The van der Waals surface area contributed by atoms with E-state index in [1.54, 1.807) is 24.3 Å². The number of ether oxygens (including phenoxy) is 1. The van der Waals surface area contributed by atoms with Crippen LogP contribution in [0.3, 0.4) is 0 Å². The molecule has 0 aromatic heterocycles. The predicted octanol–water partition coefficient (Wildman–Crippen LogP) is 3.61. The zero-order chi connectivity index (χ0) is 21.6. The van der Waals surface area contributed by atoms with Gasteiger partial charge in [0.15, 0.2) is 6.29 Å². The Morgan fingerprint density at radius 1 is 1.00 bits per heavy atom. The van der Waals surface area contributed by atoms with E-state index >= 15 is 0 Å². The zero-order valence-electron chi connectivity index (χ0n) is 16.4. The van der Waals surface area contributed by atoms with E-state index in [0.717, 1.165) is 5.56 Å². The van der Waals surface area contributed by atoms with Crippen molar-refractivity contribution in [2.24, 2.45) is 0 Å². The molecule has 30 heavy (non-hydrogen) atoms. The van der Waals surface area contributed by atoms with E-state index < -0.39 is 15.9 Å². The van der Waals surface area contributed by atoms with Gasteiger partial charge in [0.2, 0.25) is 5.91 Å². The summed E-state index contributed by atoms with van der Waals surface area (Å²) in [5, 5.41) is 0. The number of nitrogens with one attached hydrogen (secondary N) is 1. The van der Waals surface area contributed by atoms with E-state index in [0.29, 0.717) is 23.8 Å². The first-order valence-corrected chi connectivity index (χ1v) is 10.7. The number of amides is 1. The molecule has 6 nitrogen and oxygen atoms in total. The topological polar surface area (TPSA) is 89.5 Å². The summed E-state index contributed by atoms with van der Waals surface area (Å²) in [5.41, 5.74) is 2.14. The highest BCUT2D eigenvalue weighted by atomic mass is 32.2. The van der Waals surface area contributed by atoms with Gasteiger partial charge in [0.05, 0.1) is 17.6 Å². The minimum Gasteiger partial charge on any atom is -0.495 e. The summed E-state index contributed by atoms with van der Waals surface area (Å²) in [6.45, 7) is 0. The van der Waals surface area contributed by atoms with Crippen LogP contribution in [0.2, 0.25) is 0 Å². The van der Waals surface area contributed by atoms with Crippen LogP contribution in [0.15, 0.2) is 77.7 Å². The van der Waals surface area contributed by atoms with E-state index in [4.69, 9.17) is 4.74 Å². The quantitative estimate of drug-likeness (QED) is 0.559. The number of hydrogen-bond donors (Lipinski definition) is 1. The molecular formula is C23H21NO5S. The number of sulfonamides is 1. The van der Waals surface area contributed by atoms with Crippen LogP contribution in [0, 0.1) is 0 Å². The minimum absolute atomic E-state index is 0.0193. The Bertz CT molecular complexity index is 1140. The van der Waals surface area contributed by atoms with E-state index in [1.807, 2.05) is 36.4 Å². The predicted molar refractivity (Wildman–Crippen MR) is 114 cm³/mol. The monoisotopic (exact) mass is 423 g/mol. The molecule has 3 aromatic rings. The first kappa shape index (κ1) is 21.3. The number of hydrogen-bond acceptors (Lipinski definition) is 5.